The number of carboxylic acids is 1. The molecule has 21 heavy (non-hydrogen) atoms. The smallest absolute Gasteiger partial charge is 0.335 e. The van der Waals surface area contributed by atoms with E-state index < -0.39 is 5.97 Å². The van der Waals surface area contributed by atoms with Gasteiger partial charge in [-0.25, -0.2) is 9.78 Å². The Bertz CT molecular complexity index is 839. The summed E-state index contributed by atoms with van der Waals surface area (Å²) in [5.41, 5.74) is 4.21. The van der Waals surface area contributed by atoms with Crippen molar-refractivity contribution in [2.75, 3.05) is 0 Å². The maximum Gasteiger partial charge on any atom is 0.335 e. The molecule has 3 rings (SSSR count). The van der Waals surface area contributed by atoms with Crippen LogP contribution in [0, 0.1) is 13.8 Å². The lowest BCUT2D eigenvalue weighted by Gasteiger charge is -2.03. The van der Waals surface area contributed by atoms with Crippen LogP contribution in [0.5, 0.6) is 0 Å². The van der Waals surface area contributed by atoms with Crippen molar-refractivity contribution >= 4 is 28.8 Å². The van der Waals surface area contributed by atoms with Crippen molar-refractivity contribution in [3.8, 4) is 0 Å². The van der Waals surface area contributed by atoms with Gasteiger partial charge in [0.2, 0.25) is 0 Å². The molecule has 0 spiro atoms. The van der Waals surface area contributed by atoms with Gasteiger partial charge in [-0.3, -0.25) is 0 Å². The summed E-state index contributed by atoms with van der Waals surface area (Å²) in [4.78, 5) is 19.8. The molecule has 0 saturated carbocycles. The maximum atomic E-state index is 11.0. The monoisotopic (exact) mass is 298 g/mol. The number of imidazole rings is 1. The Morgan fingerprint density at radius 1 is 1.19 bits per heavy atom. The van der Waals surface area contributed by atoms with Gasteiger partial charge in [-0.2, -0.15) is 0 Å². The average Bonchev–Trinajstić information content (AvgIpc) is 2.79. The molecule has 0 saturated heterocycles. The first-order valence-electron chi connectivity index (χ1n) is 6.51. The van der Waals surface area contributed by atoms with Crippen LogP contribution in [-0.4, -0.2) is 21.0 Å². The molecule has 3 aromatic rings. The number of rotatable bonds is 3. The summed E-state index contributed by atoms with van der Waals surface area (Å²) < 4.78 is 0. The van der Waals surface area contributed by atoms with Crippen LogP contribution in [0.3, 0.4) is 0 Å². The molecule has 2 aromatic carbocycles. The number of aromatic carboxylic acids is 1. The molecule has 4 nitrogen and oxygen atoms in total. The number of aromatic nitrogens is 2. The SMILES string of the molecule is Cc1ccc2nc(Sc3ccc(C(=O)O)c(C)c3)[nH]c2c1. The number of nitrogens with one attached hydrogen (secondary N) is 1. The number of aromatic amines is 1. The van der Waals surface area contributed by atoms with Crippen molar-refractivity contribution < 1.29 is 9.90 Å². The van der Waals surface area contributed by atoms with Gasteiger partial charge in [0.15, 0.2) is 5.16 Å². The van der Waals surface area contributed by atoms with Crippen molar-refractivity contribution in [3.63, 3.8) is 0 Å². The fraction of sp³-hybridized carbons (Fsp3) is 0.125. The number of hydrogen-bond acceptors (Lipinski definition) is 3. The molecule has 106 valence electrons. The fourth-order valence-electron chi connectivity index (χ4n) is 2.20. The van der Waals surface area contributed by atoms with Crippen molar-refractivity contribution in [2.45, 2.75) is 23.9 Å². The van der Waals surface area contributed by atoms with Gasteiger partial charge in [-0.05, 0) is 55.3 Å². The van der Waals surface area contributed by atoms with Crippen LogP contribution in [0.4, 0.5) is 0 Å². The molecule has 0 fully saturated rings. The predicted octanol–water partition coefficient (Wildman–Crippen LogP) is 4.03. The van der Waals surface area contributed by atoms with Crippen LogP contribution < -0.4 is 0 Å². The molecule has 1 aromatic heterocycles. The highest BCUT2D eigenvalue weighted by Gasteiger charge is 2.09. The topological polar surface area (TPSA) is 66.0 Å². The molecule has 0 aliphatic carbocycles. The van der Waals surface area contributed by atoms with Crippen LogP contribution >= 0.6 is 11.8 Å². The third-order valence-corrected chi connectivity index (χ3v) is 4.13. The summed E-state index contributed by atoms with van der Waals surface area (Å²) in [6.07, 6.45) is 0. The van der Waals surface area contributed by atoms with E-state index in [0.29, 0.717) is 5.56 Å². The Morgan fingerprint density at radius 3 is 2.71 bits per heavy atom. The summed E-state index contributed by atoms with van der Waals surface area (Å²) in [6.45, 7) is 3.84. The highest BCUT2D eigenvalue weighted by Crippen LogP contribution is 2.29. The van der Waals surface area contributed by atoms with E-state index in [1.165, 1.54) is 17.3 Å². The van der Waals surface area contributed by atoms with E-state index in [2.05, 4.69) is 16.0 Å². The summed E-state index contributed by atoms with van der Waals surface area (Å²) >= 11 is 1.49. The number of benzene rings is 2. The molecule has 0 aliphatic heterocycles. The van der Waals surface area contributed by atoms with Crippen LogP contribution in [0.15, 0.2) is 46.5 Å². The lowest BCUT2D eigenvalue weighted by molar-refractivity contribution is 0.0696. The van der Waals surface area contributed by atoms with Gasteiger partial charge in [0, 0.05) is 4.90 Å². The Morgan fingerprint density at radius 2 is 2.00 bits per heavy atom. The summed E-state index contributed by atoms with van der Waals surface area (Å²) in [7, 11) is 0. The molecular formula is C16H14N2O2S. The standard InChI is InChI=1S/C16H14N2O2S/c1-9-3-6-13-14(7-9)18-16(17-13)21-11-4-5-12(15(19)20)10(2)8-11/h3-8H,1-2H3,(H,17,18)(H,19,20). The first-order chi connectivity index (χ1) is 10.0. The van der Waals surface area contributed by atoms with Gasteiger partial charge in [0.25, 0.3) is 0 Å². The van der Waals surface area contributed by atoms with Gasteiger partial charge in [-0.15, -0.1) is 0 Å². The first kappa shape index (κ1) is 13.7. The molecule has 2 N–H and O–H groups in total. The van der Waals surface area contributed by atoms with Crippen molar-refractivity contribution in [3.05, 3.63) is 53.1 Å². The number of nitrogens with zero attached hydrogens (tertiary/aromatic N) is 1. The normalized spacial score (nSPS) is 11.0. The third-order valence-electron chi connectivity index (χ3n) is 3.26. The van der Waals surface area contributed by atoms with E-state index in [9.17, 15) is 4.79 Å². The van der Waals surface area contributed by atoms with E-state index in [-0.39, 0.29) is 0 Å². The minimum absolute atomic E-state index is 0.333. The molecular weight excluding hydrogens is 284 g/mol. The van der Waals surface area contributed by atoms with Crippen LogP contribution in [0.2, 0.25) is 0 Å². The lowest BCUT2D eigenvalue weighted by Crippen LogP contribution is -1.99. The second-order valence-corrected chi connectivity index (χ2v) is 6.01. The second-order valence-electron chi connectivity index (χ2n) is 4.95. The third kappa shape index (κ3) is 2.78. The number of fused-ring (bicyclic) bond motifs is 1. The minimum atomic E-state index is -0.900. The Balaban J connectivity index is 1.91. The van der Waals surface area contributed by atoms with Crippen LogP contribution in [-0.2, 0) is 0 Å². The molecule has 0 aliphatic rings. The van der Waals surface area contributed by atoms with Crippen LogP contribution in [0.1, 0.15) is 21.5 Å². The summed E-state index contributed by atoms with van der Waals surface area (Å²) in [5.74, 6) is -0.900. The maximum absolute atomic E-state index is 11.0. The molecule has 0 amide bonds. The van der Waals surface area contributed by atoms with Gasteiger partial charge < -0.3 is 10.1 Å². The highest BCUT2D eigenvalue weighted by molar-refractivity contribution is 7.99. The van der Waals surface area contributed by atoms with E-state index in [1.54, 1.807) is 19.1 Å². The number of H-pyrrole nitrogens is 1. The van der Waals surface area contributed by atoms with Gasteiger partial charge in [0.05, 0.1) is 16.6 Å². The van der Waals surface area contributed by atoms with Crippen molar-refractivity contribution in [1.29, 1.82) is 0 Å². The highest BCUT2D eigenvalue weighted by atomic mass is 32.2. The summed E-state index contributed by atoms with van der Waals surface area (Å²) in [5, 5.41) is 9.85. The summed E-state index contributed by atoms with van der Waals surface area (Å²) in [6, 6.07) is 11.4. The quantitative estimate of drug-likeness (QED) is 0.766. The Kier molecular flexibility index (Phi) is 3.43. The molecule has 0 radical (unpaired) electrons. The second kappa shape index (κ2) is 5.26. The van der Waals surface area contributed by atoms with Crippen LogP contribution in [0.25, 0.3) is 11.0 Å². The zero-order chi connectivity index (χ0) is 15.0. The Hall–Kier alpha value is -2.27. The predicted molar refractivity (Wildman–Crippen MR) is 83.1 cm³/mol. The zero-order valence-electron chi connectivity index (χ0n) is 11.7. The average molecular weight is 298 g/mol. The van der Waals surface area contributed by atoms with E-state index in [4.69, 9.17) is 5.11 Å². The molecule has 5 heteroatoms. The van der Waals surface area contributed by atoms with Gasteiger partial charge >= 0.3 is 5.97 Å². The largest absolute Gasteiger partial charge is 0.478 e. The fourth-order valence-corrected chi connectivity index (χ4v) is 3.10. The number of carbonyl (C=O) groups is 1. The number of carboxylic acid groups (broad SMARTS) is 1. The van der Waals surface area contributed by atoms with Crippen molar-refractivity contribution in [1.82, 2.24) is 9.97 Å². The molecule has 0 atom stereocenters. The van der Waals surface area contributed by atoms with Gasteiger partial charge in [-0.1, -0.05) is 17.8 Å². The van der Waals surface area contributed by atoms with Crippen molar-refractivity contribution in [2.24, 2.45) is 0 Å². The zero-order valence-corrected chi connectivity index (χ0v) is 12.5. The first-order valence-corrected chi connectivity index (χ1v) is 7.33. The molecule has 1 heterocycles. The molecule has 0 bridgehead atoms. The minimum Gasteiger partial charge on any atom is -0.478 e. The Labute approximate surface area is 126 Å². The molecule has 0 unspecified atom stereocenters. The van der Waals surface area contributed by atoms with E-state index in [1.807, 2.05) is 25.1 Å². The van der Waals surface area contributed by atoms with E-state index in [0.717, 1.165) is 26.6 Å². The van der Waals surface area contributed by atoms with E-state index >= 15 is 0 Å². The van der Waals surface area contributed by atoms with Gasteiger partial charge in [0.1, 0.15) is 0 Å². The number of hydrogen-bond donors (Lipinski definition) is 2. The lowest BCUT2D eigenvalue weighted by atomic mass is 10.1. The number of aryl methyl sites for hydroxylation is 2.